The molecule has 2 aromatic rings. The van der Waals surface area contributed by atoms with Crippen LogP contribution in [-0.2, 0) is 10.0 Å². The number of Topliss-reactive ketones (excluding diaryl/α,β-unsaturated/α-hetero) is 1. The molecule has 0 spiro atoms. The van der Waals surface area contributed by atoms with Crippen molar-refractivity contribution in [2.45, 2.75) is 31.2 Å². The average molecular weight is 315 g/mol. The van der Waals surface area contributed by atoms with Crippen molar-refractivity contribution in [2.75, 3.05) is 4.31 Å². The highest BCUT2D eigenvalue weighted by atomic mass is 32.2. The van der Waals surface area contributed by atoms with Crippen LogP contribution in [0.3, 0.4) is 0 Å². The maximum Gasteiger partial charge on any atom is 0.264 e. The molecule has 5 heteroatoms. The summed E-state index contributed by atoms with van der Waals surface area (Å²) in [7, 11) is -3.68. The third-order valence-electron chi connectivity index (χ3n) is 3.90. The number of hydrogen-bond donors (Lipinski definition) is 0. The van der Waals surface area contributed by atoms with Crippen LogP contribution in [0.25, 0.3) is 0 Å². The molecule has 0 saturated carbocycles. The Morgan fingerprint density at radius 2 is 1.68 bits per heavy atom. The second-order valence-corrected chi connectivity index (χ2v) is 7.42. The predicted octanol–water partition coefficient (Wildman–Crippen LogP) is 3.17. The Bertz CT molecular complexity index is 825. The summed E-state index contributed by atoms with van der Waals surface area (Å²) in [5.41, 5.74) is 1.93. The largest absolute Gasteiger partial charge is 0.294 e. The molecule has 1 aliphatic heterocycles. The number of rotatable bonds is 2. The predicted molar refractivity (Wildman–Crippen MR) is 85.7 cm³/mol. The van der Waals surface area contributed by atoms with Crippen LogP contribution < -0.4 is 4.31 Å². The second kappa shape index (κ2) is 5.25. The van der Waals surface area contributed by atoms with Crippen molar-refractivity contribution in [3.8, 4) is 0 Å². The van der Waals surface area contributed by atoms with Crippen LogP contribution in [0, 0.1) is 6.92 Å². The van der Waals surface area contributed by atoms with Crippen molar-refractivity contribution in [3.05, 3.63) is 59.7 Å². The van der Waals surface area contributed by atoms with Gasteiger partial charge in [-0.15, -0.1) is 0 Å². The van der Waals surface area contributed by atoms with Crippen molar-refractivity contribution < 1.29 is 13.2 Å². The summed E-state index contributed by atoms with van der Waals surface area (Å²) in [6.45, 7) is 3.67. The normalized spacial score (nSPS) is 18.2. The van der Waals surface area contributed by atoms with Gasteiger partial charge in [-0.1, -0.05) is 29.8 Å². The highest BCUT2D eigenvalue weighted by Gasteiger charge is 2.36. The molecule has 0 aromatic heterocycles. The van der Waals surface area contributed by atoms with E-state index >= 15 is 0 Å². The number of ketones is 1. The van der Waals surface area contributed by atoms with Crippen LogP contribution in [0.5, 0.6) is 0 Å². The van der Waals surface area contributed by atoms with Gasteiger partial charge in [0.2, 0.25) is 0 Å². The SMILES string of the molecule is Cc1ccc(S(=O)(=O)N2c3ccccc3C(=O)CC2C)cc1. The van der Waals surface area contributed by atoms with Crippen molar-refractivity contribution in [3.63, 3.8) is 0 Å². The monoisotopic (exact) mass is 315 g/mol. The molecule has 0 fully saturated rings. The smallest absolute Gasteiger partial charge is 0.264 e. The average Bonchev–Trinajstić information content (AvgIpc) is 2.47. The van der Waals surface area contributed by atoms with E-state index in [-0.39, 0.29) is 17.1 Å². The Balaban J connectivity index is 2.16. The number of anilines is 1. The Labute approximate surface area is 130 Å². The summed E-state index contributed by atoms with van der Waals surface area (Å²) in [4.78, 5) is 12.4. The number of sulfonamides is 1. The molecule has 0 saturated heterocycles. The Hall–Kier alpha value is -2.14. The van der Waals surface area contributed by atoms with Crippen molar-refractivity contribution in [1.82, 2.24) is 0 Å². The number of benzene rings is 2. The van der Waals surface area contributed by atoms with Crippen molar-refractivity contribution >= 4 is 21.5 Å². The first kappa shape index (κ1) is 14.8. The zero-order chi connectivity index (χ0) is 15.9. The van der Waals surface area contributed by atoms with Crippen molar-refractivity contribution in [1.29, 1.82) is 0 Å². The van der Waals surface area contributed by atoms with Crippen molar-refractivity contribution in [2.24, 2.45) is 0 Å². The van der Waals surface area contributed by atoms with Crippen LogP contribution in [-0.4, -0.2) is 20.2 Å². The molecule has 1 unspecified atom stereocenters. The van der Waals surface area contributed by atoms with Gasteiger partial charge in [0, 0.05) is 18.0 Å². The van der Waals surface area contributed by atoms with E-state index in [9.17, 15) is 13.2 Å². The van der Waals surface area contributed by atoms with Gasteiger partial charge in [-0.2, -0.15) is 0 Å². The molecule has 0 amide bonds. The zero-order valence-corrected chi connectivity index (χ0v) is 13.3. The van der Waals surface area contributed by atoms with Crippen LogP contribution >= 0.6 is 0 Å². The van der Waals surface area contributed by atoms with Gasteiger partial charge in [-0.3, -0.25) is 9.10 Å². The Morgan fingerprint density at radius 1 is 1.05 bits per heavy atom. The van der Waals surface area contributed by atoms with E-state index in [4.69, 9.17) is 0 Å². The fraction of sp³-hybridized carbons (Fsp3) is 0.235. The first-order chi connectivity index (χ1) is 10.4. The lowest BCUT2D eigenvalue weighted by Crippen LogP contribution is -2.43. The number of carbonyl (C=O) groups is 1. The molecule has 22 heavy (non-hydrogen) atoms. The maximum absolute atomic E-state index is 13.0. The molecule has 3 rings (SSSR count). The molecule has 0 N–H and O–H groups in total. The van der Waals surface area contributed by atoms with E-state index in [0.717, 1.165) is 5.56 Å². The molecule has 2 aromatic carbocycles. The molecule has 4 nitrogen and oxygen atoms in total. The van der Waals surface area contributed by atoms with Crippen LogP contribution in [0.4, 0.5) is 5.69 Å². The molecule has 0 bridgehead atoms. The standard InChI is InChI=1S/C17H17NO3S/c1-12-7-9-14(10-8-12)22(20,21)18-13(2)11-17(19)15-5-3-4-6-16(15)18/h3-10,13H,11H2,1-2H3. The summed E-state index contributed by atoms with van der Waals surface area (Å²) < 4.78 is 27.4. The lowest BCUT2D eigenvalue weighted by atomic mass is 9.98. The first-order valence-corrected chi connectivity index (χ1v) is 8.58. The minimum absolute atomic E-state index is 0.0153. The number of nitrogens with zero attached hydrogens (tertiary/aromatic N) is 1. The van der Waals surface area contributed by atoms with Gasteiger partial charge >= 0.3 is 0 Å². The van der Waals surface area contributed by atoms with E-state index in [1.54, 1.807) is 55.5 Å². The van der Waals surface area contributed by atoms with Gasteiger partial charge in [0.25, 0.3) is 10.0 Å². The molecule has 0 aliphatic carbocycles. The lowest BCUT2D eigenvalue weighted by molar-refractivity contribution is 0.0972. The molecule has 1 aliphatic rings. The maximum atomic E-state index is 13.0. The van der Waals surface area contributed by atoms with Gasteiger partial charge in [0.15, 0.2) is 5.78 Å². The third kappa shape index (κ3) is 2.31. The Morgan fingerprint density at radius 3 is 2.36 bits per heavy atom. The topological polar surface area (TPSA) is 54.5 Å². The van der Waals surface area contributed by atoms with Gasteiger partial charge in [-0.05, 0) is 38.1 Å². The van der Waals surface area contributed by atoms with Gasteiger partial charge in [-0.25, -0.2) is 8.42 Å². The highest BCUT2D eigenvalue weighted by Crippen LogP contribution is 2.35. The molecule has 0 radical (unpaired) electrons. The van der Waals surface area contributed by atoms with Crippen LogP contribution in [0.15, 0.2) is 53.4 Å². The van der Waals surface area contributed by atoms with Crippen LogP contribution in [0.1, 0.15) is 29.3 Å². The fourth-order valence-electron chi connectivity index (χ4n) is 2.79. The fourth-order valence-corrected chi connectivity index (χ4v) is 4.46. The molecule has 114 valence electrons. The summed E-state index contributed by atoms with van der Waals surface area (Å²) in [5, 5.41) is 0. The van der Waals surface area contributed by atoms with E-state index in [2.05, 4.69) is 0 Å². The minimum Gasteiger partial charge on any atom is -0.294 e. The number of fused-ring (bicyclic) bond motifs is 1. The molecule has 1 atom stereocenters. The van der Waals surface area contributed by atoms with E-state index < -0.39 is 16.1 Å². The zero-order valence-electron chi connectivity index (χ0n) is 12.5. The lowest BCUT2D eigenvalue weighted by Gasteiger charge is -2.35. The Kier molecular flexibility index (Phi) is 3.53. The van der Waals surface area contributed by atoms with Gasteiger partial charge < -0.3 is 0 Å². The number of carbonyl (C=O) groups excluding carboxylic acids is 1. The van der Waals surface area contributed by atoms with Gasteiger partial charge in [0.1, 0.15) is 0 Å². The summed E-state index contributed by atoms with van der Waals surface area (Å²) >= 11 is 0. The molecular formula is C17H17NO3S. The number of para-hydroxylation sites is 1. The second-order valence-electron chi connectivity index (χ2n) is 5.61. The quantitative estimate of drug-likeness (QED) is 0.855. The highest BCUT2D eigenvalue weighted by molar-refractivity contribution is 7.92. The van der Waals surface area contributed by atoms with E-state index in [1.807, 2.05) is 6.92 Å². The number of hydrogen-bond acceptors (Lipinski definition) is 3. The third-order valence-corrected chi connectivity index (χ3v) is 5.84. The summed E-state index contributed by atoms with van der Waals surface area (Å²) in [6, 6.07) is 13.2. The van der Waals surface area contributed by atoms with E-state index in [0.29, 0.717) is 11.3 Å². The summed E-state index contributed by atoms with van der Waals surface area (Å²) in [5.74, 6) is -0.0153. The van der Waals surface area contributed by atoms with Gasteiger partial charge in [0.05, 0.1) is 10.6 Å². The van der Waals surface area contributed by atoms with E-state index in [1.165, 1.54) is 4.31 Å². The molecular weight excluding hydrogens is 298 g/mol. The minimum atomic E-state index is -3.68. The first-order valence-electron chi connectivity index (χ1n) is 7.14. The summed E-state index contributed by atoms with van der Waals surface area (Å²) in [6.07, 6.45) is 0.197. The number of aryl methyl sites for hydroxylation is 1. The van der Waals surface area contributed by atoms with Crippen LogP contribution in [0.2, 0.25) is 0 Å². The molecule has 1 heterocycles.